The van der Waals surface area contributed by atoms with E-state index in [-0.39, 0.29) is 18.2 Å². The summed E-state index contributed by atoms with van der Waals surface area (Å²) in [5, 5.41) is 2.61. The molecule has 0 saturated carbocycles. The van der Waals surface area contributed by atoms with E-state index >= 15 is 0 Å². The van der Waals surface area contributed by atoms with Crippen molar-refractivity contribution < 1.29 is 14.4 Å². The largest absolute Gasteiger partial charge is 0.368 e. The Morgan fingerprint density at radius 1 is 1.07 bits per heavy atom. The molecule has 0 aliphatic heterocycles. The minimum absolute atomic E-state index is 0.109. The van der Waals surface area contributed by atoms with E-state index in [1.807, 2.05) is 30.3 Å². The molecular formula is C21H33N3O3. The lowest BCUT2D eigenvalue weighted by Crippen LogP contribution is -2.47. The van der Waals surface area contributed by atoms with Crippen molar-refractivity contribution in [3.63, 3.8) is 0 Å². The van der Waals surface area contributed by atoms with Gasteiger partial charge in [0, 0.05) is 20.0 Å². The lowest BCUT2D eigenvalue weighted by atomic mass is 10.1. The molecule has 0 aliphatic carbocycles. The van der Waals surface area contributed by atoms with Gasteiger partial charge in [-0.25, -0.2) is 0 Å². The van der Waals surface area contributed by atoms with Crippen molar-refractivity contribution in [3.05, 3.63) is 35.9 Å². The zero-order chi connectivity index (χ0) is 20.1. The number of unbranched alkanes of at least 4 members (excludes halogenated alkanes) is 4. The van der Waals surface area contributed by atoms with E-state index in [0.29, 0.717) is 13.0 Å². The first-order valence-electron chi connectivity index (χ1n) is 9.80. The van der Waals surface area contributed by atoms with Crippen molar-refractivity contribution in [2.75, 3.05) is 13.6 Å². The SMILES string of the molecule is CCCCCCCC(=O)N[C@H](CC(=O)N(C)CCc1ccccc1)C(N)=O. The van der Waals surface area contributed by atoms with Gasteiger partial charge in [-0.05, 0) is 18.4 Å². The van der Waals surface area contributed by atoms with E-state index in [2.05, 4.69) is 12.2 Å². The first kappa shape index (κ1) is 22.7. The van der Waals surface area contributed by atoms with Crippen LogP contribution < -0.4 is 11.1 Å². The first-order chi connectivity index (χ1) is 12.9. The van der Waals surface area contributed by atoms with Crippen LogP contribution in [0.25, 0.3) is 0 Å². The zero-order valence-corrected chi connectivity index (χ0v) is 16.6. The Morgan fingerprint density at radius 3 is 2.37 bits per heavy atom. The Bertz CT molecular complexity index is 590. The number of nitrogens with one attached hydrogen (secondary N) is 1. The van der Waals surface area contributed by atoms with Gasteiger partial charge in [-0.15, -0.1) is 0 Å². The van der Waals surface area contributed by atoms with Crippen LogP contribution in [0.15, 0.2) is 30.3 Å². The molecule has 0 saturated heterocycles. The van der Waals surface area contributed by atoms with Crippen LogP contribution in [-0.4, -0.2) is 42.3 Å². The van der Waals surface area contributed by atoms with Gasteiger partial charge in [-0.3, -0.25) is 14.4 Å². The Kier molecular flexibility index (Phi) is 10.8. The topological polar surface area (TPSA) is 92.5 Å². The molecule has 0 bridgehead atoms. The van der Waals surface area contributed by atoms with Crippen LogP contribution in [0.2, 0.25) is 0 Å². The fourth-order valence-corrected chi connectivity index (χ4v) is 2.78. The summed E-state index contributed by atoms with van der Waals surface area (Å²) in [5.41, 5.74) is 6.51. The lowest BCUT2D eigenvalue weighted by molar-refractivity contribution is -0.134. The van der Waals surface area contributed by atoms with Gasteiger partial charge < -0.3 is 16.0 Å². The van der Waals surface area contributed by atoms with Crippen molar-refractivity contribution in [2.45, 2.75) is 64.3 Å². The maximum atomic E-state index is 12.4. The third-order valence-electron chi connectivity index (χ3n) is 4.57. The van der Waals surface area contributed by atoms with Crippen molar-refractivity contribution in [2.24, 2.45) is 5.73 Å². The van der Waals surface area contributed by atoms with Crippen molar-refractivity contribution in [1.29, 1.82) is 0 Å². The molecule has 6 nitrogen and oxygen atoms in total. The van der Waals surface area contributed by atoms with E-state index in [1.54, 1.807) is 11.9 Å². The second-order valence-electron chi connectivity index (χ2n) is 6.94. The number of amides is 3. The molecule has 150 valence electrons. The number of rotatable bonds is 13. The number of nitrogens with two attached hydrogens (primary N) is 1. The molecule has 0 unspecified atom stereocenters. The van der Waals surface area contributed by atoms with E-state index in [4.69, 9.17) is 5.73 Å². The van der Waals surface area contributed by atoms with Crippen LogP contribution in [0.5, 0.6) is 0 Å². The maximum Gasteiger partial charge on any atom is 0.240 e. The maximum absolute atomic E-state index is 12.4. The van der Waals surface area contributed by atoms with Gasteiger partial charge >= 0.3 is 0 Å². The average molecular weight is 376 g/mol. The highest BCUT2D eigenvalue weighted by Gasteiger charge is 2.23. The number of carbonyl (C=O) groups is 3. The van der Waals surface area contributed by atoms with Crippen molar-refractivity contribution in [1.82, 2.24) is 10.2 Å². The van der Waals surface area contributed by atoms with Gasteiger partial charge in [0.2, 0.25) is 17.7 Å². The summed E-state index contributed by atoms with van der Waals surface area (Å²) in [5.74, 6) is -1.12. The van der Waals surface area contributed by atoms with Crippen molar-refractivity contribution >= 4 is 17.7 Å². The minimum Gasteiger partial charge on any atom is -0.368 e. The Morgan fingerprint density at radius 2 is 1.74 bits per heavy atom. The van der Waals surface area contributed by atoms with Gasteiger partial charge in [0.15, 0.2) is 0 Å². The smallest absolute Gasteiger partial charge is 0.240 e. The second kappa shape index (κ2) is 12.9. The number of hydrogen-bond acceptors (Lipinski definition) is 3. The Balaban J connectivity index is 2.39. The third kappa shape index (κ3) is 9.78. The van der Waals surface area contributed by atoms with Crippen LogP contribution in [0, 0.1) is 0 Å². The second-order valence-corrected chi connectivity index (χ2v) is 6.94. The van der Waals surface area contributed by atoms with E-state index in [0.717, 1.165) is 44.1 Å². The van der Waals surface area contributed by atoms with Crippen LogP contribution in [0.4, 0.5) is 0 Å². The summed E-state index contributed by atoms with van der Waals surface area (Å²) in [6.45, 7) is 2.68. The summed E-state index contributed by atoms with van der Waals surface area (Å²) >= 11 is 0. The fraction of sp³-hybridized carbons (Fsp3) is 0.571. The summed E-state index contributed by atoms with van der Waals surface area (Å²) < 4.78 is 0. The predicted molar refractivity (Wildman–Crippen MR) is 107 cm³/mol. The minimum atomic E-state index is -0.959. The average Bonchev–Trinajstić information content (AvgIpc) is 2.66. The molecule has 27 heavy (non-hydrogen) atoms. The van der Waals surface area contributed by atoms with Gasteiger partial charge in [-0.2, -0.15) is 0 Å². The van der Waals surface area contributed by atoms with Gasteiger partial charge in [0.05, 0.1) is 6.42 Å². The summed E-state index contributed by atoms with van der Waals surface area (Å²) in [6.07, 6.45) is 6.16. The Hall–Kier alpha value is -2.37. The van der Waals surface area contributed by atoms with Crippen LogP contribution in [0.3, 0.4) is 0 Å². The summed E-state index contributed by atoms with van der Waals surface area (Å²) in [7, 11) is 1.69. The normalized spacial score (nSPS) is 11.6. The third-order valence-corrected chi connectivity index (χ3v) is 4.57. The molecule has 1 rings (SSSR count). The van der Waals surface area contributed by atoms with E-state index in [9.17, 15) is 14.4 Å². The molecule has 0 spiro atoms. The number of benzene rings is 1. The summed E-state index contributed by atoms with van der Waals surface area (Å²) in [6, 6.07) is 8.91. The lowest BCUT2D eigenvalue weighted by Gasteiger charge is -2.21. The highest BCUT2D eigenvalue weighted by Crippen LogP contribution is 2.06. The zero-order valence-electron chi connectivity index (χ0n) is 16.6. The molecule has 6 heteroatoms. The molecule has 3 N–H and O–H groups in total. The molecule has 1 aromatic rings. The van der Waals surface area contributed by atoms with Crippen molar-refractivity contribution in [3.8, 4) is 0 Å². The van der Waals surface area contributed by atoms with Gasteiger partial charge in [0.1, 0.15) is 6.04 Å². The monoisotopic (exact) mass is 375 g/mol. The molecule has 0 radical (unpaired) electrons. The van der Waals surface area contributed by atoms with Crippen LogP contribution in [0.1, 0.15) is 57.4 Å². The predicted octanol–water partition coefficient (Wildman–Crippen LogP) is 2.41. The molecule has 0 fully saturated rings. The quantitative estimate of drug-likeness (QED) is 0.519. The molecule has 3 amide bonds. The summed E-state index contributed by atoms with van der Waals surface area (Å²) in [4.78, 5) is 37.6. The number of likely N-dealkylation sites (N-methyl/N-ethyl adjacent to an activating group) is 1. The molecule has 1 aromatic carbocycles. The molecule has 0 heterocycles. The highest BCUT2D eigenvalue weighted by molar-refractivity contribution is 5.91. The van der Waals surface area contributed by atoms with Gasteiger partial charge in [0.25, 0.3) is 0 Å². The molecular weight excluding hydrogens is 342 g/mol. The van der Waals surface area contributed by atoms with Crippen LogP contribution >= 0.6 is 0 Å². The number of carbonyl (C=O) groups excluding carboxylic acids is 3. The number of hydrogen-bond donors (Lipinski definition) is 2. The first-order valence-corrected chi connectivity index (χ1v) is 9.80. The number of nitrogens with zero attached hydrogens (tertiary/aromatic N) is 1. The standard InChI is InChI=1S/C21H33N3O3/c1-3-4-5-6-10-13-19(25)23-18(21(22)27)16-20(26)24(2)15-14-17-11-8-7-9-12-17/h7-9,11-12,18H,3-6,10,13-16H2,1-2H3,(H2,22,27)(H,23,25)/t18-/m1/s1. The van der Waals surface area contributed by atoms with Gasteiger partial charge in [-0.1, -0.05) is 62.9 Å². The highest BCUT2D eigenvalue weighted by atomic mass is 16.2. The molecule has 0 aliphatic rings. The van der Waals surface area contributed by atoms with E-state index < -0.39 is 11.9 Å². The molecule has 0 aromatic heterocycles. The Labute approximate surface area is 162 Å². The van der Waals surface area contributed by atoms with Crippen LogP contribution in [-0.2, 0) is 20.8 Å². The molecule has 1 atom stereocenters. The number of primary amides is 1. The fourth-order valence-electron chi connectivity index (χ4n) is 2.78. The van der Waals surface area contributed by atoms with E-state index in [1.165, 1.54) is 0 Å².